The van der Waals surface area contributed by atoms with Crippen molar-refractivity contribution in [2.45, 2.75) is 39.2 Å². The van der Waals surface area contributed by atoms with E-state index in [1.807, 2.05) is 0 Å². The number of likely N-dealkylation sites (tertiary alicyclic amines) is 1. The summed E-state index contributed by atoms with van der Waals surface area (Å²) in [6.45, 7) is 11.6. The Balaban J connectivity index is 2.44. The number of hydrogen-bond acceptors (Lipinski definition) is 2. The van der Waals surface area contributed by atoms with Crippen molar-refractivity contribution in [3.63, 3.8) is 0 Å². The molecule has 0 saturated carbocycles. The SMILES string of the molecule is C=C(CC)CN1CC(CN)CCC1C. The standard InChI is InChI=1S/C12H24N2/c1-4-10(2)8-14-9-12(7-13)6-5-11(14)3/h11-12H,2,4-9,13H2,1,3H3. The molecule has 0 aromatic carbocycles. The van der Waals surface area contributed by atoms with Gasteiger partial charge in [-0.25, -0.2) is 0 Å². The fraction of sp³-hybridized carbons (Fsp3) is 0.833. The Morgan fingerprint density at radius 3 is 2.79 bits per heavy atom. The molecule has 0 bridgehead atoms. The first kappa shape index (κ1) is 11.7. The van der Waals surface area contributed by atoms with Crippen molar-refractivity contribution in [3.05, 3.63) is 12.2 Å². The Bertz CT molecular complexity index is 189. The van der Waals surface area contributed by atoms with Crippen LogP contribution in [0.1, 0.15) is 33.1 Å². The molecule has 82 valence electrons. The third-order valence-corrected chi connectivity index (χ3v) is 3.37. The summed E-state index contributed by atoms with van der Waals surface area (Å²) < 4.78 is 0. The number of hydrogen-bond donors (Lipinski definition) is 1. The van der Waals surface area contributed by atoms with Crippen molar-refractivity contribution >= 4 is 0 Å². The van der Waals surface area contributed by atoms with Gasteiger partial charge in [-0.3, -0.25) is 4.90 Å². The van der Waals surface area contributed by atoms with Crippen LogP contribution in [0, 0.1) is 5.92 Å². The first-order chi connectivity index (χ1) is 6.67. The minimum Gasteiger partial charge on any atom is -0.330 e. The topological polar surface area (TPSA) is 29.3 Å². The zero-order valence-electron chi connectivity index (χ0n) is 9.63. The van der Waals surface area contributed by atoms with Crippen molar-refractivity contribution in [3.8, 4) is 0 Å². The molecule has 0 aromatic heterocycles. The lowest BCUT2D eigenvalue weighted by molar-refractivity contribution is 0.131. The molecule has 2 unspecified atom stereocenters. The van der Waals surface area contributed by atoms with Crippen molar-refractivity contribution in [1.29, 1.82) is 0 Å². The van der Waals surface area contributed by atoms with Crippen molar-refractivity contribution in [2.24, 2.45) is 11.7 Å². The summed E-state index contributed by atoms with van der Waals surface area (Å²) in [6.07, 6.45) is 3.68. The van der Waals surface area contributed by atoms with Gasteiger partial charge >= 0.3 is 0 Å². The second kappa shape index (κ2) is 5.52. The predicted octanol–water partition coefficient (Wildman–Crippen LogP) is 2.01. The van der Waals surface area contributed by atoms with Crippen molar-refractivity contribution < 1.29 is 0 Å². The predicted molar refractivity (Wildman–Crippen MR) is 62.2 cm³/mol. The van der Waals surface area contributed by atoms with Crippen molar-refractivity contribution in [2.75, 3.05) is 19.6 Å². The molecular formula is C12H24N2. The van der Waals surface area contributed by atoms with Crippen LogP contribution in [0.2, 0.25) is 0 Å². The van der Waals surface area contributed by atoms with Gasteiger partial charge in [-0.2, -0.15) is 0 Å². The molecule has 1 fully saturated rings. The molecule has 1 aliphatic heterocycles. The van der Waals surface area contributed by atoms with Gasteiger partial charge in [0.25, 0.3) is 0 Å². The summed E-state index contributed by atoms with van der Waals surface area (Å²) in [5.74, 6) is 0.704. The van der Waals surface area contributed by atoms with Crippen LogP contribution in [0.25, 0.3) is 0 Å². The van der Waals surface area contributed by atoms with Gasteiger partial charge in [0, 0.05) is 19.1 Å². The molecule has 1 aliphatic rings. The molecule has 0 amide bonds. The quantitative estimate of drug-likeness (QED) is 0.697. The average molecular weight is 196 g/mol. The lowest BCUT2D eigenvalue weighted by Crippen LogP contribution is -2.44. The molecule has 0 radical (unpaired) electrons. The highest BCUT2D eigenvalue weighted by molar-refractivity contribution is 4.98. The zero-order chi connectivity index (χ0) is 10.6. The summed E-state index contributed by atoms with van der Waals surface area (Å²) in [6, 6.07) is 0.709. The van der Waals surface area contributed by atoms with E-state index >= 15 is 0 Å². The number of rotatable bonds is 4. The summed E-state index contributed by atoms with van der Waals surface area (Å²) in [7, 11) is 0. The third-order valence-electron chi connectivity index (χ3n) is 3.37. The van der Waals surface area contributed by atoms with Gasteiger partial charge < -0.3 is 5.73 Å². The fourth-order valence-electron chi connectivity index (χ4n) is 2.07. The first-order valence-corrected chi connectivity index (χ1v) is 5.78. The van der Waals surface area contributed by atoms with Crippen LogP contribution in [0.5, 0.6) is 0 Å². The maximum Gasteiger partial charge on any atom is 0.0193 e. The lowest BCUT2D eigenvalue weighted by Gasteiger charge is -2.38. The zero-order valence-corrected chi connectivity index (χ0v) is 9.63. The van der Waals surface area contributed by atoms with E-state index in [1.54, 1.807) is 0 Å². The van der Waals surface area contributed by atoms with Crippen LogP contribution in [-0.2, 0) is 0 Å². The van der Waals surface area contributed by atoms with Crippen LogP contribution in [0.4, 0.5) is 0 Å². The number of nitrogens with zero attached hydrogens (tertiary/aromatic N) is 1. The molecule has 0 aromatic rings. The molecule has 0 aliphatic carbocycles. The average Bonchev–Trinajstić information content (AvgIpc) is 2.21. The lowest BCUT2D eigenvalue weighted by atomic mass is 9.93. The Morgan fingerprint density at radius 2 is 2.21 bits per heavy atom. The second-order valence-corrected chi connectivity index (χ2v) is 4.56. The minimum atomic E-state index is 0.704. The Labute approximate surface area is 88.2 Å². The van der Waals surface area contributed by atoms with Crippen LogP contribution < -0.4 is 5.73 Å². The van der Waals surface area contributed by atoms with Gasteiger partial charge in [0.05, 0.1) is 0 Å². The normalized spacial score (nSPS) is 29.1. The summed E-state index contributed by atoms with van der Waals surface area (Å²) in [4.78, 5) is 2.53. The van der Waals surface area contributed by atoms with Crippen LogP contribution >= 0.6 is 0 Å². The van der Waals surface area contributed by atoms with E-state index in [2.05, 4.69) is 25.3 Å². The largest absolute Gasteiger partial charge is 0.330 e. The van der Waals surface area contributed by atoms with Gasteiger partial charge in [0.1, 0.15) is 0 Å². The van der Waals surface area contributed by atoms with Gasteiger partial charge in [-0.1, -0.05) is 19.1 Å². The number of piperidine rings is 1. The molecule has 0 spiro atoms. The Kier molecular flexibility index (Phi) is 4.63. The maximum atomic E-state index is 5.73. The fourth-order valence-corrected chi connectivity index (χ4v) is 2.07. The highest BCUT2D eigenvalue weighted by Gasteiger charge is 2.24. The van der Waals surface area contributed by atoms with Crippen LogP contribution in [0.15, 0.2) is 12.2 Å². The van der Waals surface area contributed by atoms with Crippen molar-refractivity contribution in [1.82, 2.24) is 4.90 Å². The minimum absolute atomic E-state index is 0.704. The summed E-state index contributed by atoms with van der Waals surface area (Å²) >= 11 is 0. The summed E-state index contributed by atoms with van der Waals surface area (Å²) in [5, 5.41) is 0. The maximum absolute atomic E-state index is 5.73. The van der Waals surface area contributed by atoms with Gasteiger partial charge in [0.15, 0.2) is 0 Å². The summed E-state index contributed by atoms with van der Waals surface area (Å²) in [5.41, 5.74) is 7.07. The van der Waals surface area contributed by atoms with Crippen LogP contribution in [0.3, 0.4) is 0 Å². The molecule has 2 atom stereocenters. The van der Waals surface area contributed by atoms with E-state index in [9.17, 15) is 0 Å². The van der Waals surface area contributed by atoms with Gasteiger partial charge in [0.2, 0.25) is 0 Å². The second-order valence-electron chi connectivity index (χ2n) is 4.56. The molecule has 2 nitrogen and oxygen atoms in total. The Morgan fingerprint density at radius 1 is 1.50 bits per heavy atom. The highest BCUT2D eigenvalue weighted by atomic mass is 15.2. The monoisotopic (exact) mass is 196 g/mol. The van der Waals surface area contributed by atoms with E-state index in [-0.39, 0.29) is 0 Å². The molecule has 2 heteroatoms. The molecular weight excluding hydrogens is 172 g/mol. The van der Waals surface area contributed by atoms with Gasteiger partial charge in [-0.05, 0) is 38.6 Å². The van der Waals surface area contributed by atoms with E-state index in [0.29, 0.717) is 12.0 Å². The highest BCUT2D eigenvalue weighted by Crippen LogP contribution is 2.22. The first-order valence-electron chi connectivity index (χ1n) is 5.78. The molecule has 1 heterocycles. The van der Waals surface area contributed by atoms with E-state index in [1.165, 1.54) is 18.4 Å². The van der Waals surface area contributed by atoms with E-state index < -0.39 is 0 Å². The van der Waals surface area contributed by atoms with Crippen LogP contribution in [-0.4, -0.2) is 30.6 Å². The molecule has 1 rings (SSSR count). The Hall–Kier alpha value is -0.340. The smallest absolute Gasteiger partial charge is 0.0193 e. The van der Waals surface area contributed by atoms with Gasteiger partial charge in [-0.15, -0.1) is 0 Å². The molecule has 1 saturated heterocycles. The van der Waals surface area contributed by atoms with E-state index in [0.717, 1.165) is 26.1 Å². The number of nitrogens with two attached hydrogens (primary N) is 1. The molecule has 14 heavy (non-hydrogen) atoms. The molecule has 2 N–H and O–H groups in total. The van der Waals surface area contributed by atoms with E-state index in [4.69, 9.17) is 5.73 Å². The third kappa shape index (κ3) is 3.10.